The van der Waals surface area contributed by atoms with Gasteiger partial charge in [0.2, 0.25) is 0 Å². The third-order valence-corrected chi connectivity index (χ3v) is 4.47. The smallest absolute Gasteiger partial charge is 0.0682 e. The molecule has 0 aliphatic carbocycles. The van der Waals surface area contributed by atoms with E-state index in [2.05, 4.69) is 15.9 Å². The Morgan fingerprint density at radius 2 is 2.07 bits per heavy atom. The van der Waals surface area contributed by atoms with Gasteiger partial charge in [-0.25, -0.2) is 0 Å². The van der Waals surface area contributed by atoms with Crippen LogP contribution in [-0.2, 0) is 6.61 Å². The van der Waals surface area contributed by atoms with Crippen molar-refractivity contribution in [3.63, 3.8) is 0 Å². The molecule has 0 heterocycles. The minimum Gasteiger partial charge on any atom is -0.392 e. The summed E-state index contributed by atoms with van der Waals surface area (Å²) < 4.78 is 0.964. The fourth-order valence-corrected chi connectivity index (χ4v) is 2.66. The number of hydrogen-bond donors (Lipinski definition) is 2. The van der Waals surface area contributed by atoms with Crippen molar-refractivity contribution in [1.29, 1.82) is 0 Å². The van der Waals surface area contributed by atoms with E-state index in [0.29, 0.717) is 0 Å². The van der Waals surface area contributed by atoms with Gasteiger partial charge in [-0.05, 0) is 40.5 Å². The Kier molecular flexibility index (Phi) is 5.12. The number of benzene rings is 1. The highest BCUT2D eigenvalue weighted by Crippen LogP contribution is 2.32. The van der Waals surface area contributed by atoms with Crippen LogP contribution in [-0.4, -0.2) is 21.6 Å². The predicted molar refractivity (Wildman–Crippen MR) is 67.1 cm³/mol. The highest BCUT2D eigenvalue weighted by atomic mass is 79.9. The molecule has 0 aliphatic heterocycles. The fourth-order valence-electron chi connectivity index (χ4n) is 1.04. The molecule has 2 atom stereocenters. The second kappa shape index (κ2) is 5.89. The highest BCUT2D eigenvalue weighted by Gasteiger charge is 2.12. The van der Waals surface area contributed by atoms with Crippen LogP contribution in [0.15, 0.2) is 27.6 Å². The lowest BCUT2D eigenvalue weighted by Gasteiger charge is -2.15. The molecule has 15 heavy (non-hydrogen) atoms. The fraction of sp³-hybridized carbons (Fsp3) is 0.455. The van der Waals surface area contributed by atoms with Gasteiger partial charge in [0.15, 0.2) is 0 Å². The Hall–Kier alpha value is -0.0300. The lowest BCUT2D eigenvalue weighted by Crippen LogP contribution is -2.14. The van der Waals surface area contributed by atoms with Crippen molar-refractivity contribution in [2.45, 2.75) is 36.7 Å². The molecular weight excluding hydrogens is 276 g/mol. The van der Waals surface area contributed by atoms with Gasteiger partial charge in [-0.3, -0.25) is 0 Å². The van der Waals surface area contributed by atoms with Gasteiger partial charge >= 0.3 is 0 Å². The normalized spacial score (nSPS) is 15.0. The van der Waals surface area contributed by atoms with Crippen molar-refractivity contribution in [2.75, 3.05) is 0 Å². The summed E-state index contributed by atoms with van der Waals surface area (Å²) in [4.78, 5) is 1.08. The van der Waals surface area contributed by atoms with Gasteiger partial charge < -0.3 is 10.2 Å². The van der Waals surface area contributed by atoms with E-state index in [9.17, 15) is 5.11 Å². The number of thioether (sulfide) groups is 1. The summed E-state index contributed by atoms with van der Waals surface area (Å²) in [6.07, 6.45) is -0.334. The molecule has 1 aromatic carbocycles. The molecule has 0 amide bonds. The maximum absolute atomic E-state index is 9.40. The zero-order chi connectivity index (χ0) is 11.4. The standard InChI is InChI=1S/C11H15BrO2S/c1-7(14)8(2)15-11-4-3-9(6-13)5-10(11)12/h3-5,7-8,13-14H,6H2,1-2H3. The molecule has 0 saturated carbocycles. The molecule has 2 N–H and O–H groups in total. The van der Waals surface area contributed by atoms with E-state index >= 15 is 0 Å². The molecule has 1 aromatic rings. The Balaban J connectivity index is 2.78. The van der Waals surface area contributed by atoms with Crippen LogP contribution in [0, 0.1) is 0 Å². The monoisotopic (exact) mass is 290 g/mol. The highest BCUT2D eigenvalue weighted by molar-refractivity contribution is 9.10. The molecule has 0 bridgehead atoms. The first-order valence-electron chi connectivity index (χ1n) is 4.78. The van der Waals surface area contributed by atoms with Crippen LogP contribution in [0.2, 0.25) is 0 Å². The van der Waals surface area contributed by atoms with Crippen molar-refractivity contribution in [3.8, 4) is 0 Å². The van der Waals surface area contributed by atoms with E-state index in [1.807, 2.05) is 25.1 Å². The van der Waals surface area contributed by atoms with Crippen LogP contribution in [0.3, 0.4) is 0 Å². The van der Waals surface area contributed by atoms with Crippen molar-refractivity contribution in [2.24, 2.45) is 0 Å². The SMILES string of the molecule is CC(O)C(C)Sc1ccc(CO)cc1Br. The van der Waals surface area contributed by atoms with Gasteiger partial charge in [0, 0.05) is 14.6 Å². The van der Waals surface area contributed by atoms with Crippen LogP contribution < -0.4 is 0 Å². The molecule has 0 aromatic heterocycles. The maximum Gasteiger partial charge on any atom is 0.0682 e. The Labute approximate surface area is 103 Å². The summed E-state index contributed by atoms with van der Waals surface area (Å²) in [5, 5.41) is 18.5. The van der Waals surface area contributed by atoms with Crippen LogP contribution >= 0.6 is 27.7 Å². The van der Waals surface area contributed by atoms with E-state index in [1.165, 1.54) is 0 Å². The van der Waals surface area contributed by atoms with E-state index in [0.717, 1.165) is 14.9 Å². The van der Waals surface area contributed by atoms with E-state index < -0.39 is 0 Å². The summed E-state index contributed by atoms with van der Waals surface area (Å²) in [5.74, 6) is 0. The first-order chi connectivity index (χ1) is 7.04. The van der Waals surface area contributed by atoms with Crippen LogP contribution in [0.1, 0.15) is 19.4 Å². The zero-order valence-electron chi connectivity index (χ0n) is 8.77. The maximum atomic E-state index is 9.40. The average Bonchev–Trinajstić information content (AvgIpc) is 2.20. The Morgan fingerprint density at radius 3 is 2.53 bits per heavy atom. The number of hydrogen-bond acceptors (Lipinski definition) is 3. The summed E-state index contributed by atoms with van der Waals surface area (Å²) in [7, 11) is 0. The molecule has 0 fully saturated rings. The summed E-state index contributed by atoms with van der Waals surface area (Å²) >= 11 is 5.07. The molecule has 84 valence electrons. The minimum absolute atomic E-state index is 0.0511. The largest absolute Gasteiger partial charge is 0.392 e. The van der Waals surface area contributed by atoms with Crippen molar-refractivity contribution < 1.29 is 10.2 Å². The van der Waals surface area contributed by atoms with Crippen molar-refractivity contribution in [1.82, 2.24) is 0 Å². The topological polar surface area (TPSA) is 40.5 Å². The Bertz CT molecular complexity index is 328. The van der Waals surface area contributed by atoms with Crippen molar-refractivity contribution >= 4 is 27.7 Å². The lowest BCUT2D eigenvalue weighted by atomic mass is 10.2. The third-order valence-electron chi connectivity index (χ3n) is 2.17. The number of aliphatic hydroxyl groups excluding tert-OH is 2. The molecule has 0 spiro atoms. The Morgan fingerprint density at radius 1 is 1.40 bits per heavy atom. The molecule has 2 nitrogen and oxygen atoms in total. The zero-order valence-corrected chi connectivity index (χ0v) is 11.2. The molecule has 0 radical (unpaired) electrons. The number of rotatable bonds is 4. The first kappa shape index (κ1) is 13.0. The first-order valence-corrected chi connectivity index (χ1v) is 6.46. The molecule has 0 saturated heterocycles. The van der Waals surface area contributed by atoms with Crippen LogP contribution in [0.5, 0.6) is 0 Å². The summed E-state index contributed by atoms with van der Waals surface area (Å²) in [6, 6.07) is 5.75. The third kappa shape index (κ3) is 3.79. The van der Waals surface area contributed by atoms with Gasteiger partial charge in [0.05, 0.1) is 12.7 Å². The van der Waals surface area contributed by atoms with Gasteiger partial charge in [-0.2, -0.15) is 0 Å². The van der Waals surface area contributed by atoms with E-state index in [-0.39, 0.29) is 18.0 Å². The molecule has 1 rings (SSSR count). The average molecular weight is 291 g/mol. The molecular formula is C11H15BrO2S. The molecule has 2 unspecified atom stereocenters. The quantitative estimate of drug-likeness (QED) is 0.838. The lowest BCUT2D eigenvalue weighted by molar-refractivity contribution is 0.196. The minimum atomic E-state index is -0.334. The molecule has 4 heteroatoms. The van der Waals surface area contributed by atoms with Crippen LogP contribution in [0.25, 0.3) is 0 Å². The summed E-state index contributed by atoms with van der Waals surface area (Å²) in [6.45, 7) is 3.82. The second-order valence-corrected chi connectivity index (χ2v) is 5.76. The molecule has 0 aliphatic rings. The van der Waals surface area contributed by atoms with Crippen molar-refractivity contribution in [3.05, 3.63) is 28.2 Å². The van der Waals surface area contributed by atoms with E-state index in [4.69, 9.17) is 5.11 Å². The van der Waals surface area contributed by atoms with Gasteiger partial charge in [0.25, 0.3) is 0 Å². The van der Waals surface area contributed by atoms with E-state index in [1.54, 1.807) is 18.7 Å². The van der Waals surface area contributed by atoms with Crippen LogP contribution in [0.4, 0.5) is 0 Å². The summed E-state index contributed by atoms with van der Waals surface area (Å²) in [5.41, 5.74) is 0.885. The van der Waals surface area contributed by atoms with Gasteiger partial charge in [-0.15, -0.1) is 11.8 Å². The predicted octanol–water partition coefficient (Wildman–Crippen LogP) is 2.80. The second-order valence-electron chi connectivity index (χ2n) is 3.49. The number of halogens is 1. The number of aliphatic hydroxyl groups is 2. The van der Waals surface area contributed by atoms with Gasteiger partial charge in [-0.1, -0.05) is 13.0 Å². The van der Waals surface area contributed by atoms with Gasteiger partial charge in [0.1, 0.15) is 0 Å².